The molecule has 1 fully saturated rings. The van der Waals surface area contributed by atoms with Crippen LogP contribution in [0.5, 0.6) is 0 Å². The molecule has 0 aromatic heterocycles. The summed E-state index contributed by atoms with van der Waals surface area (Å²) >= 11 is 5.03. The fourth-order valence-electron chi connectivity index (χ4n) is 2.28. The number of rotatable bonds is 4. The van der Waals surface area contributed by atoms with E-state index in [4.69, 9.17) is 18.0 Å². The lowest BCUT2D eigenvalue weighted by molar-refractivity contribution is -0.138. The Morgan fingerprint density at radius 3 is 2.38 bits per heavy atom. The summed E-state index contributed by atoms with van der Waals surface area (Å²) in [5.41, 5.74) is 5.03. The molecule has 4 heteroatoms. The summed E-state index contributed by atoms with van der Waals surface area (Å²) in [5, 5.41) is 0. The van der Waals surface area contributed by atoms with Crippen molar-refractivity contribution in [3.8, 4) is 0 Å². The van der Waals surface area contributed by atoms with Gasteiger partial charge in [0, 0.05) is 13.1 Å². The molecule has 1 amide bonds. The predicted molar refractivity (Wildman–Crippen MR) is 70.2 cm³/mol. The van der Waals surface area contributed by atoms with E-state index in [2.05, 4.69) is 0 Å². The number of thiocarbonyl (C=S) groups is 1. The van der Waals surface area contributed by atoms with Gasteiger partial charge in [0.05, 0.1) is 10.4 Å². The van der Waals surface area contributed by atoms with E-state index in [1.54, 1.807) is 0 Å². The molecule has 2 N–H and O–H groups in total. The Labute approximate surface area is 103 Å². The van der Waals surface area contributed by atoms with E-state index < -0.39 is 5.41 Å². The zero-order valence-electron chi connectivity index (χ0n) is 10.5. The smallest absolute Gasteiger partial charge is 0.235 e. The van der Waals surface area contributed by atoms with Crippen LogP contribution < -0.4 is 5.73 Å². The van der Waals surface area contributed by atoms with Crippen molar-refractivity contribution >= 4 is 23.1 Å². The van der Waals surface area contributed by atoms with E-state index in [-0.39, 0.29) is 5.91 Å². The van der Waals surface area contributed by atoms with Gasteiger partial charge < -0.3 is 10.6 Å². The first-order valence-electron chi connectivity index (χ1n) is 6.00. The van der Waals surface area contributed by atoms with Crippen LogP contribution >= 0.6 is 12.2 Å². The van der Waals surface area contributed by atoms with Crippen LogP contribution in [-0.4, -0.2) is 28.9 Å². The number of hydrogen-bond donors (Lipinski definition) is 1. The SMILES string of the molecule is CCC(C)(C(=O)N(C)C1CCCC1)C(N)=S. The molecule has 0 saturated heterocycles. The molecule has 1 aliphatic rings. The van der Waals surface area contributed by atoms with Gasteiger partial charge in [0.15, 0.2) is 0 Å². The molecular weight excluding hydrogens is 220 g/mol. The molecule has 1 atom stereocenters. The average Bonchev–Trinajstić information content (AvgIpc) is 2.79. The molecule has 1 rings (SSSR count). The van der Waals surface area contributed by atoms with Gasteiger partial charge in [-0.25, -0.2) is 0 Å². The van der Waals surface area contributed by atoms with Crippen LogP contribution in [-0.2, 0) is 4.79 Å². The highest BCUT2D eigenvalue weighted by Gasteiger charge is 2.39. The first-order valence-corrected chi connectivity index (χ1v) is 6.41. The van der Waals surface area contributed by atoms with E-state index >= 15 is 0 Å². The van der Waals surface area contributed by atoms with E-state index in [0.29, 0.717) is 17.5 Å². The second kappa shape index (κ2) is 5.13. The van der Waals surface area contributed by atoms with Crippen LogP contribution in [0.2, 0.25) is 0 Å². The van der Waals surface area contributed by atoms with E-state index in [9.17, 15) is 4.79 Å². The predicted octanol–water partition coefficient (Wildman–Crippen LogP) is 2.09. The van der Waals surface area contributed by atoms with E-state index in [1.807, 2.05) is 25.8 Å². The highest BCUT2D eigenvalue weighted by Crippen LogP contribution is 2.29. The minimum Gasteiger partial charge on any atom is -0.392 e. The van der Waals surface area contributed by atoms with Crippen molar-refractivity contribution < 1.29 is 4.79 Å². The highest BCUT2D eigenvalue weighted by molar-refractivity contribution is 7.80. The molecule has 0 heterocycles. The van der Waals surface area contributed by atoms with Crippen LogP contribution in [0.3, 0.4) is 0 Å². The second-order valence-corrected chi connectivity index (χ2v) is 5.34. The van der Waals surface area contributed by atoms with Crippen molar-refractivity contribution in [1.82, 2.24) is 4.90 Å². The van der Waals surface area contributed by atoms with Crippen LogP contribution in [0.15, 0.2) is 0 Å². The number of carbonyl (C=O) groups excluding carboxylic acids is 1. The van der Waals surface area contributed by atoms with Crippen molar-refractivity contribution in [2.75, 3.05) is 7.05 Å². The van der Waals surface area contributed by atoms with Gasteiger partial charge in [0.25, 0.3) is 0 Å². The summed E-state index contributed by atoms with van der Waals surface area (Å²) in [7, 11) is 1.88. The van der Waals surface area contributed by atoms with Crippen molar-refractivity contribution in [2.45, 2.75) is 52.0 Å². The third-order valence-corrected chi connectivity index (χ3v) is 4.37. The topological polar surface area (TPSA) is 46.3 Å². The monoisotopic (exact) mass is 242 g/mol. The van der Waals surface area contributed by atoms with Gasteiger partial charge in [0.1, 0.15) is 0 Å². The summed E-state index contributed by atoms with van der Waals surface area (Å²) in [6.07, 6.45) is 5.33. The Morgan fingerprint density at radius 2 is 2.00 bits per heavy atom. The van der Waals surface area contributed by atoms with Crippen molar-refractivity contribution in [3.05, 3.63) is 0 Å². The number of nitrogens with two attached hydrogens (primary N) is 1. The maximum Gasteiger partial charge on any atom is 0.235 e. The first-order chi connectivity index (χ1) is 7.43. The highest BCUT2D eigenvalue weighted by atomic mass is 32.1. The average molecular weight is 242 g/mol. The van der Waals surface area contributed by atoms with Gasteiger partial charge in [-0.1, -0.05) is 32.0 Å². The maximum atomic E-state index is 12.4. The molecule has 0 radical (unpaired) electrons. The molecule has 1 saturated carbocycles. The number of nitrogens with zero attached hydrogens (tertiary/aromatic N) is 1. The van der Waals surface area contributed by atoms with Crippen LogP contribution in [0.4, 0.5) is 0 Å². The molecule has 0 aromatic rings. The Hall–Kier alpha value is -0.640. The molecule has 0 bridgehead atoms. The van der Waals surface area contributed by atoms with Crippen LogP contribution in [0.1, 0.15) is 46.0 Å². The van der Waals surface area contributed by atoms with Gasteiger partial charge in [-0.3, -0.25) is 4.79 Å². The van der Waals surface area contributed by atoms with Gasteiger partial charge in [-0.15, -0.1) is 0 Å². The zero-order chi connectivity index (χ0) is 12.3. The molecule has 1 aliphatic carbocycles. The van der Waals surface area contributed by atoms with Gasteiger partial charge in [0.2, 0.25) is 5.91 Å². The Kier molecular flexibility index (Phi) is 4.30. The quantitative estimate of drug-likeness (QED) is 0.768. The first kappa shape index (κ1) is 13.4. The second-order valence-electron chi connectivity index (χ2n) is 4.90. The standard InChI is InChI=1S/C12H22N2OS/c1-4-12(2,10(13)16)11(15)14(3)9-7-5-6-8-9/h9H,4-8H2,1-3H3,(H2,13,16). The third kappa shape index (κ3) is 2.37. The lowest BCUT2D eigenvalue weighted by Crippen LogP contribution is -2.49. The van der Waals surface area contributed by atoms with E-state index in [0.717, 1.165) is 12.8 Å². The molecule has 1 unspecified atom stereocenters. The zero-order valence-corrected chi connectivity index (χ0v) is 11.3. The Balaban J connectivity index is 2.78. The molecule has 0 aliphatic heterocycles. The molecule has 0 aromatic carbocycles. The normalized spacial score (nSPS) is 20.4. The molecule has 3 nitrogen and oxygen atoms in total. The number of carbonyl (C=O) groups is 1. The Bertz CT molecular complexity index is 287. The van der Waals surface area contributed by atoms with Gasteiger partial charge in [-0.2, -0.15) is 0 Å². The van der Waals surface area contributed by atoms with Crippen molar-refractivity contribution in [2.24, 2.45) is 11.1 Å². The lowest BCUT2D eigenvalue weighted by atomic mass is 9.85. The molecule has 0 spiro atoms. The fourth-order valence-corrected chi connectivity index (χ4v) is 2.51. The summed E-state index contributed by atoms with van der Waals surface area (Å²) in [5.74, 6) is 0.0781. The van der Waals surface area contributed by atoms with Gasteiger partial charge in [-0.05, 0) is 26.2 Å². The van der Waals surface area contributed by atoms with Crippen LogP contribution in [0.25, 0.3) is 0 Å². The third-order valence-electron chi connectivity index (χ3n) is 3.92. The number of hydrogen-bond acceptors (Lipinski definition) is 2. The minimum atomic E-state index is -0.674. The van der Waals surface area contributed by atoms with E-state index in [1.165, 1.54) is 12.8 Å². The maximum absolute atomic E-state index is 12.4. The summed E-state index contributed by atoms with van der Waals surface area (Å²) in [6.45, 7) is 3.81. The van der Waals surface area contributed by atoms with Crippen LogP contribution in [0, 0.1) is 5.41 Å². The summed E-state index contributed by atoms with van der Waals surface area (Å²) in [4.78, 5) is 14.5. The molecule has 92 valence electrons. The summed E-state index contributed by atoms with van der Waals surface area (Å²) in [6, 6.07) is 0.382. The number of amides is 1. The molecular formula is C12H22N2OS. The van der Waals surface area contributed by atoms with Crippen molar-refractivity contribution in [1.29, 1.82) is 0 Å². The minimum absolute atomic E-state index is 0.0781. The van der Waals surface area contributed by atoms with Crippen molar-refractivity contribution in [3.63, 3.8) is 0 Å². The fraction of sp³-hybridized carbons (Fsp3) is 0.833. The van der Waals surface area contributed by atoms with Gasteiger partial charge >= 0.3 is 0 Å². The summed E-state index contributed by atoms with van der Waals surface area (Å²) < 4.78 is 0. The molecule has 16 heavy (non-hydrogen) atoms. The Morgan fingerprint density at radius 1 is 1.50 bits per heavy atom. The lowest BCUT2D eigenvalue weighted by Gasteiger charge is -2.34. The largest absolute Gasteiger partial charge is 0.392 e.